The first-order chi connectivity index (χ1) is 10.1. The minimum atomic E-state index is 0.135. The molecule has 1 aliphatic rings. The highest BCUT2D eigenvalue weighted by atomic mass is 79.9. The molecule has 0 aliphatic heterocycles. The van der Waals surface area contributed by atoms with Gasteiger partial charge >= 0.3 is 0 Å². The maximum absolute atomic E-state index is 3.68. The molecular weight excluding hydrogens is 456 g/mol. The van der Waals surface area contributed by atoms with E-state index in [4.69, 9.17) is 0 Å². The molecule has 0 spiro atoms. The van der Waals surface area contributed by atoms with Gasteiger partial charge in [-0.2, -0.15) is 0 Å². The zero-order valence-electron chi connectivity index (χ0n) is 11.9. The van der Waals surface area contributed by atoms with Gasteiger partial charge in [-0.1, -0.05) is 73.3 Å². The Bertz CT molecular complexity index is 617. The third kappa shape index (κ3) is 2.55. The van der Waals surface area contributed by atoms with Crippen molar-refractivity contribution in [1.29, 1.82) is 0 Å². The lowest BCUT2D eigenvalue weighted by Gasteiger charge is -2.31. The van der Waals surface area contributed by atoms with Gasteiger partial charge in [0.25, 0.3) is 0 Å². The topological polar surface area (TPSA) is 0 Å². The minimum Gasteiger partial charge on any atom is -0.0928 e. The van der Waals surface area contributed by atoms with E-state index in [1.807, 2.05) is 0 Å². The number of benzene rings is 2. The van der Waals surface area contributed by atoms with E-state index < -0.39 is 0 Å². The van der Waals surface area contributed by atoms with Crippen LogP contribution in [0.5, 0.6) is 0 Å². The molecule has 0 saturated heterocycles. The van der Waals surface area contributed by atoms with Crippen molar-refractivity contribution in [2.24, 2.45) is 0 Å². The summed E-state index contributed by atoms with van der Waals surface area (Å²) in [6.45, 7) is 2.28. The summed E-state index contributed by atoms with van der Waals surface area (Å²) in [7, 11) is 0. The Hall–Kier alpha value is -0.120. The Morgan fingerprint density at radius 2 is 1.38 bits per heavy atom. The quantitative estimate of drug-likeness (QED) is 0.418. The minimum absolute atomic E-state index is 0.135. The number of rotatable bonds is 4. The predicted octanol–water partition coefficient (Wildman–Crippen LogP) is 7.06. The molecule has 2 aromatic rings. The van der Waals surface area contributed by atoms with Crippen LogP contribution in [-0.4, -0.2) is 5.33 Å². The van der Waals surface area contributed by atoms with Crippen LogP contribution in [0.4, 0.5) is 0 Å². The summed E-state index contributed by atoms with van der Waals surface area (Å²) in [6.07, 6.45) is 3.50. The first-order valence-corrected chi connectivity index (χ1v) is 9.99. The fourth-order valence-electron chi connectivity index (χ4n) is 3.69. The van der Waals surface area contributed by atoms with Crippen LogP contribution in [0.25, 0.3) is 11.1 Å². The molecule has 0 saturated carbocycles. The van der Waals surface area contributed by atoms with E-state index in [0.29, 0.717) is 0 Å². The molecule has 0 bridgehead atoms. The van der Waals surface area contributed by atoms with Crippen molar-refractivity contribution in [3.05, 3.63) is 56.5 Å². The van der Waals surface area contributed by atoms with Crippen molar-refractivity contribution >= 4 is 47.8 Å². The van der Waals surface area contributed by atoms with Gasteiger partial charge in [-0.3, -0.25) is 0 Å². The molecule has 0 aromatic heterocycles. The van der Waals surface area contributed by atoms with E-state index in [1.54, 1.807) is 0 Å². The van der Waals surface area contributed by atoms with Crippen LogP contribution >= 0.6 is 47.8 Å². The van der Waals surface area contributed by atoms with Crippen molar-refractivity contribution in [1.82, 2.24) is 0 Å². The summed E-state index contributed by atoms with van der Waals surface area (Å²) in [5, 5.41) is 1.02. The first kappa shape index (κ1) is 15.8. The third-order valence-corrected chi connectivity index (χ3v) is 5.87. The number of fused-ring (bicyclic) bond motifs is 3. The van der Waals surface area contributed by atoms with Crippen LogP contribution in [0.15, 0.2) is 45.3 Å². The highest BCUT2D eigenvalue weighted by Crippen LogP contribution is 2.54. The lowest BCUT2D eigenvalue weighted by Crippen LogP contribution is -2.25. The van der Waals surface area contributed by atoms with Gasteiger partial charge in [0.1, 0.15) is 0 Å². The SMILES string of the molecule is CCCC1(CCBr)c2cc(Br)ccc2-c2ccc(Br)cc21. The van der Waals surface area contributed by atoms with Crippen molar-refractivity contribution in [3.63, 3.8) is 0 Å². The molecule has 0 amide bonds. The second-order valence-electron chi connectivity index (χ2n) is 5.65. The van der Waals surface area contributed by atoms with Crippen LogP contribution in [0, 0.1) is 0 Å². The molecule has 1 aliphatic carbocycles. The zero-order chi connectivity index (χ0) is 15.0. The smallest absolute Gasteiger partial charge is 0.0223 e. The molecule has 3 heteroatoms. The van der Waals surface area contributed by atoms with Gasteiger partial charge in [-0.15, -0.1) is 0 Å². The molecule has 2 aromatic carbocycles. The van der Waals surface area contributed by atoms with Gasteiger partial charge in [-0.25, -0.2) is 0 Å². The van der Waals surface area contributed by atoms with Gasteiger partial charge in [0.15, 0.2) is 0 Å². The monoisotopic (exact) mass is 470 g/mol. The standard InChI is InChI=1S/C18H17Br3/c1-2-7-18(8-9-19)16-10-12(20)3-5-14(16)15-6-4-13(21)11-17(15)18/h3-6,10-11H,2,7-9H2,1H3. The van der Waals surface area contributed by atoms with Gasteiger partial charge in [0.05, 0.1) is 0 Å². The molecule has 0 nitrogen and oxygen atoms in total. The van der Waals surface area contributed by atoms with E-state index in [-0.39, 0.29) is 5.41 Å². The molecule has 0 fully saturated rings. The Morgan fingerprint density at radius 1 is 0.857 bits per heavy atom. The van der Waals surface area contributed by atoms with Crippen molar-refractivity contribution in [3.8, 4) is 11.1 Å². The third-order valence-electron chi connectivity index (χ3n) is 4.48. The van der Waals surface area contributed by atoms with Gasteiger partial charge in [0.2, 0.25) is 0 Å². The maximum Gasteiger partial charge on any atom is 0.0223 e. The average molecular weight is 473 g/mol. The second kappa shape index (κ2) is 6.17. The lowest BCUT2D eigenvalue weighted by atomic mass is 9.73. The molecule has 0 atom stereocenters. The summed E-state index contributed by atoms with van der Waals surface area (Å²) in [6, 6.07) is 13.5. The van der Waals surface area contributed by atoms with E-state index >= 15 is 0 Å². The van der Waals surface area contributed by atoms with Crippen LogP contribution in [0.3, 0.4) is 0 Å². The van der Waals surface area contributed by atoms with E-state index in [1.165, 1.54) is 44.0 Å². The lowest BCUT2D eigenvalue weighted by molar-refractivity contribution is 0.465. The van der Waals surface area contributed by atoms with Crippen LogP contribution < -0.4 is 0 Å². The summed E-state index contributed by atoms with van der Waals surface area (Å²) >= 11 is 11.0. The van der Waals surface area contributed by atoms with E-state index in [0.717, 1.165) is 11.8 Å². The average Bonchev–Trinajstić information content (AvgIpc) is 2.70. The molecule has 0 unspecified atom stereocenters. The molecule has 0 radical (unpaired) electrons. The van der Waals surface area contributed by atoms with Crippen LogP contribution in [-0.2, 0) is 5.41 Å². The first-order valence-electron chi connectivity index (χ1n) is 7.29. The van der Waals surface area contributed by atoms with E-state index in [9.17, 15) is 0 Å². The Kier molecular flexibility index (Phi) is 4.63. The number of hydrogen-bond donors (Lipinski definition) is 0. The number of hydrogen-bond acceptors (Lipinski definition) is 0. The largest absolute Gasteiger partial charge is 0.0928 e. The highest BCUT2D eigenvalue weighted by molar-refractivity contribution is 9.10. The summed E-state index contributed by atoms with van der Waals surface area (Å²) in [4.78, 5) is 0. The van der Waals surface area contributed by atoms with Gasteiger partial charge in [-0.05, 0) is 59.4 Å². The fourth-order valence-corrected chi connectivity index (χ4v) is 5.09. The Morgan fingerprint density at radius 3 is 1.81 bits per heavy atom. The van der Waals surface area contributed by atoms with Crippen LogP contribution in [0.2, 0.25) is 0 Å². The summed E-state index contributed by atoms with van der Waals surface area (Å²) < 4.78 is 2.34. The maximum atomic E-state index is 3.68. The summed E-state index contributed by atoms with van der Waals surface area (Å²) in [5.41, 5.74) is 5.89. The molecule has 3 rings (SSSR count). The molecule has 21 heavy (non-hydrogen) atoms. The number of alkyl halides is 1. The summed E-state index contributed by atoms with van der Waals surface area (Å²) in [5.74, 6) is 0. The van der Waals surface area contributed by atoms with Crippen molar-refractivity contribution in [2.75, 3.05) is 5.33 Å². The predicted molar refractivity (Wildman–Crippen MR) is 101 cm³/mol. The van der Waals surface area contributed by atoms with E-state index in [2.05, 4.69) is 91.1 Å². The van der Waals surface area contributed by atoms with Crippen LogP contribution in [0.1, 0.15) is 37.3 Å². The molecule has 0 heterocycles. The zero-order valence-corrected chi connectivity index (χ0v) is 16.7. The molecular formula is C18H17Br3. The normalized spacial score (nSPS) is 14.9. The molecule has 110 valence electrons. The molecule has 0 N–H and O–H groups in total. The highest BCUT2D eigenvalue weighted by Gasteiger charge is 2.41. The second-order valence-corrected chi connectivity index (χ2v) is 8.28. The van der Waals surface area contributed by atoms with Crippen molar-refractivity contribution < 1.29 is 0 Å². The Labute approximate surface area is 151 Å². The van der Waals surface area contributed by atoms with Gasteiger partial charge < -0.3 is 0 Å². The fraction of sp³-hybridized carbons (Fsp3) is 0.333. The van der Waals surface area contributed by atoms with Gasteiger partial charge in [0, 0.05) is 19.7 Å². The number of halogens is 3. The Balaban J connectivity index is 2.32. The van der Waals surface area contributed by atoms with Crippen molar-refractivity contribution in [2.45, 2.75) is 31.6 Å².